The van der Waals surface area contributed by atoms with Gasteiger partial charge in [0.15, 0.2) is 11.0 Å². The van der Waals surface area contributed by atoms with Crippen LogP contribution in [0.15, 0.2) is 24.3 Å². The molecule has 0 aliphatic carbocycles. The van der Waals surface area contributed by atoms with Gasteiger partial charge >= 0.3 is 0 Å². The van der Waals surface area contributed by atoms with Crippen LogP contribution in [-0.2, 0) is 6.54 Å². The second-order valence-corrected chi connectivity index (χ2v) is 4.73. The Hall–Kier alpha value is -1.61. The first-order valence-electron chi connectivity index (χ1n) is 5.86. The van der Waals surface area contributed by atoms with Crippen LogP contribution in [0.25, 0.3) is 0 Å². The van der Waals surface area contributed by atoms with Crippen LogP contribution in [0.2, 0.25) is 5.15 Å². The molecule has 2 rings (SSSR count). The van der Waals surface area contributed by atoms with Crippen LogP contribution in [0, 0.1) is 20.8 Å². The summed E-state index contributed by atoms with van der Waals surface area (Å²) in [6.45, 7) is 6.60. The van der Waals surface area contributed by atoms with Gasteiger partial charge in [0.1, 0.15) is 0 Å². The number of rotatable bonds is 3. The molecule has 0 radical (unpaired) electrons. The van der Waals surface area contributed by atoms with Gasteiger partial charge in [-0.3, -0.25) is 0 Å². The smallest absolute Gasteiger partial charge is 0.171 e. The molecule has 0 saturated carbocycles. The molecule has 1 aromatic heterocycles. The van der Waals surface area contributed by atoms with Gasteiger partial charge in [0.25, 0.3) is 0 Å². The van der Waals surface area contributed by atoms with E-state index in [4.69, 9.17) is 11.6 Å². The molecular formula is C14H16ClN3. The van der Waals surface area contributed by atoms with Crippen molar-refractivity contribution in [2.45, 2.75) is 27.3 Å². The summed E-state index contributed by atoms with van der Waals surface area (Å²) in [5, 5.41) is 3.64. The Morgan fingerprint density at radius 2 is 1.83 bits per heavy atom. The van der Waals surface area contributed by atoms with Gasteiger partial charge in [-0.1, -0.05) is 41.4 Å². The summed E-state index contributed by atoms with van der Waals surface area (Å²) < 4.78 is 0. The van der Waals surface area contributed by atoms with Crippen LogP contribution in [0.3, 0.4) is 0 Å². The molecule has 0 unspecified atom stereocenters. The molecule has 0 bridgehead atoms. The summed E-state index contributed by atoms with van der Waals surface area (Å²) in [7, 11) is 0. The number of aromatic nitrogens is 2. The van der Waals surface area contributed by atoms with Gasteiger partial charge in [-0.15, -0.1) is 0 Å². The Morgan fingerprint density at radius 1 is 1.11 bits per heavy atom. The molecule has 0 amide bonds. The first kappa shape index (κ1) is 12.8. The van der Waals surface area contributed by atoms with Crippen molar-refractivity contribution in [1.29, 1.82) is 0 Å². The summed E-state index contributed by atoms with van der Waals surface area (Å²) >= 11 is 6.06. The normalized spacial score (nSPS) is 10.4. The Bertz CT molecular complexity index is 567. The fourth-order valence-corrected chi connectivity index (χ4v) is 1.93. The number of hydrogen-bond acceptors (Lipinski definition) is 3. The maximum absolute atomic E-state index is 6.06. The Kier molecular flexibility index (Phi) is 3.82. The number of anilines is 1. The van der Waals surface area contributed by atoms with Crippen molar-refractivity contribution in [2.24, 2.45) is 0 Å². The van der Waals surface area contributed by atoms with E-state index in [1.807, 2.05) is 19.9 Å². The number of hydrogen-bond donors (Lipinski definition) is 1. The molecule has 1 aromatic carbocycles. The summed E-state index contributed by atoms with van der Waals surface area (Å²) in [6, 6.07) is 8.32. The SMILES string of the molecule is Cc1cccc(CNc2nc(C)c(C)nc2Cl)c1. The van der Waals surface area contributed by atoms with Crippen LogP contribution in [0.4, 0.5) is 5.82 Å². The molecule has 18 heavy (non-hydrogen) atoms. The second-order valence-electron chi connectivity index (χ2n) is 4.38. The van der Waals surface area contributed by atoms with Gasteiger partial charge in [-0.05, 0) is 26.3 Å². The van der Waals surface area contributed by atoms with Gasteiger partial charge in [0.2, 0.25) is 0 Å². The molecule has 2 aromatic rings. The van der Waals surface area contributed by atoms with E-state index in [0.717, 1.165) is 11.4 Å². The molecule has 0 aliphatic heterocycles. The summed E-state index contributed by atoms with van der Waals surface area (Å²) in [5.74, 6) is 0.640. The predicted molar refractivity (Wildman–Crippen MR) is 75.0 cm³/mol. The molecule has 4 heteroatoms. The van der Waals surface area contributed by atoms with Crippen molar-refractivity contribution < 1.29 is 0 Å². The van der Waals surface area contributed by atoms with Crippen LogP contribution < -0.4 is 5.32 Å². The Labute approximate surface area is 112 Å². The minimum atomic E-state index is 0.422. The molecule has 3 nitrogen and oxygen atoms in total. The topological polar surface area (TPSA) is 37.8 Å². The molecule has 0 aliphatic rings. The number of benzene rings is 1. The summed E-state index contributed by atoms with van der Waals surface area (Å²) in [5.41, 5.74) is 4.20. The molecule has 1 heterocycles. The zero-order chi connectivity index (χ0) is 13.1. The van der Waals surface area contributed by atoms with Crippen molar-refractivity contribution >= 4 is 17.4 Å². The maximum atomic E-state index is 6.06. The summed E-state index contributed by atoms with van der Waals surface area (Å²) in [4.78, 5) is 8.65. The Morgan fingerprint density at radius 3 is 2.56 bits per heavy atom. The highest BCUT2D eigenvalue weighted by atomic mass is 35.5. The van der Waals surface area contributed by atoms with E-state index < -0.39 is 0 Å². The maximum Gasteiger partial charge on any atom is 0.171 e. The van der Waals surface area contributed by atoms with E-state index in [0.29, 0.717) is 17.5 Å². The fraction of sp³-hybridized carbons (Fsp3) is 0.286. The first-order valence-corrected chi connectivity index (χ1v) is 6.24. The first-order chi connectivity index (χ1) is 8.56. The van der Waals surface area contributed by atoms with E-state index in [1.165, 1.54) is 11.1 Å². The zero-order valence-corrected chi connectivity index (χ0v) is 11.5. The van der Waals surface area contributed by atoms with Gasteiger partial charge in [-0.2, -0.15) is 0 Å². The van der Waals surface area contributed by atoms with Gasteiger partial charge in [0, 0.05) is 6.54 Å². The average Bonchev–Trinajstić information content (AvgIpc) is 2.32. The van der Waals surface area contributed by atoms with Crippen molar-refractivity contribution in [2.75, 3.05) is 5.32 Å². The van der Waals surface area contributed by atoms with Crippen LogP contribution in [-0.4, -0.2) is 9.97 Å². The number of nitrogens with zero attached hydrogens (tertiary/aromatic N) is 2. The quantitative estimate of drug-likeness (QED) is 0.916. The molecule has 0 atom stereocenters. The predicted octanol–water partition coefficient (Wildman–Crippen LogP) is 3.67. The minimum absolute atomic E-state index is 0.422. The molecule has 1 N–H and O–H groups in total. The van der Waals surface area contributed by atoms with E-state index in [2.05, 4.69) is 40.4 Å². The number of nitrogens with one attached hydrogen (secondary N) is 1. The lowest BCUT2D eigenvalue weighted by Gasteiger charge is -2.09. The third-order valence-corrected chi connectivity index (χ3v) is 3.07. The van der Waals surface area contributed by atoms with E-state index >= 15 is 0 Å². The standard InChI is InChI=1S/C14H16ClN3/c1-9-5-4-6-12(7-9)8-16-14-13(15)17-10(2)11(3)18-14/h4-7H,8H2,1-3H3,(H,16,18). The van der Waals surface area contributed by atoms with Crippen molar-refractivity contribution in [1.82, 2.24) is 9.97 Å². The molecular weight excluding hydrogens is 246 g/mol. The van der Waals surface area contributed by atoms with Gasteiger partial charge in [0.05, 0.1) is 11.4 Å². The summed E-state index contributed by atoms with van der Waals surface area (Å²) in [6.07, 6.45) is 0. The largest absolute Gasteiger partial charge is 0.363 e. The molecule has 0 spiro atoms. The number of halogens is 1. The van der Waals surface area contributed by atoms with E-state index in [-0.39, 0.29) is 0 Å². The van der Waals surface area contributed by atoms with Crippen LogP contribution >= 0.6 is 11.6 Å². The lowest BCUT2D eigenvalue weighted by Crippen LogP contribution is -2.05. The van der Waals surface area contributed by atoms with Crippen LogP contribution in [0.5, 0.6) is 0 Å². The van der Waals surface area contributed by atoms with Crippen LogP contribution in [0.1, 0.15) is 22.5 Å². The van der Waals surface area contributed by atoms with Crippen molar-refractivity contribution in [3.63, 3.8) is 0 Å². The zero-order valence-electron chi connectivity index (χ0n) is 10.8. The van der Waals surface area contributed by atoms with Gasteiger partial charge in [-0.25, -0.2) is 9.97 Å². The highest BCUT2D eigenvalue weighted by molar-refractivity contribution is 6.31. The molecule has 0 saturated heterocycles. The lowest BCUT2D eigenvalue weighted by atomic mass is 10.1. The minimum Gasteiger partial charge on any atom is -0.363 e. The molecule has 94 valence electrons. The van der Waals surface area contributed by atoms with E-state index in [9.17, 15) is 0 Å². The molecule has 0 fully saturated rings. The Balaban J connectivity index is 2.13. The monoisotopic (exact) mass is 261 g/mol. The third-order valence-electron chi connectivity index (χ3n) is 2.81. The highest BCUT2D eigenvalue weighted by Gasteiger charge is 2.06. The van der Waals surface area contributed by atoms with E-state index in [1.54, 1.807) is 0 Å². The number of aryl methyl sites for hydroxylation is 3. The third kappa shape index (κ3) is 2.99. The fourth-order valence-electron chi connectivity index (χ4n) is 1.70. The van der Waals surface area contributed by atoms with Crippen molar-refractivity contribution in [3.8, 4) is 0 Å². The second kappa shape index (κ2) is 5.36. The highest BCUT2D eigenvalue weighted by Crippen LogP contribution is 2.19. The lowest BCUT2D eigenvalue weighted by molar-refractivity contribution is 1.02. The van der Waals surface area contributed by atoms with Crippen molar-refractivity contribution in [3.05, 3.63) is 51.9 Å². The van der Waals surface area contributed by atoms with Gasteiger partial charge < -0.3 is 5.32 Å². The average molecular weight is 262 g/mol.